The Morgan fingerprint density at radius 1 is 1.41 bits per heavy atom. The number of benzene rings is 1. The molecule has 0 amide bonds. The van der Waals surface area contributed by atoms with Crippen LogP contribution in [-0.2, 0) is 9.53 Å². The van der Waals surface area contributed by atoms with E-state index in [0.717, 1.165) is 6.42 Å². The Bertz CT molecular complexity index is 405. The molecule has 1 aliphatic carbocycles. The van der Waals surface area contributed by atoms with E-state index in [4.69, 9.17) is 21.1 Å². The van der Waals surface area contributed by atoms with Gasteiger partial charge in [0.2, 0.25) is 0 Å². The largest absolute Gasteiger partial charge is 0.485 e. The Hall–Kier alpha value is -1.06. The first kappa shape index (κ1) is 12.4. The van der Waals surface area contributed by atoms with Crippen molar-refractivity contribution in [3.05, 3.63) is 29.3 Å². The zero-order valence-corrected chi connectivity index (χ0v) is 10.4. The maximum absolute atomic E-state index is 11.4. The summed E-state index contributed by atoms with van der Waals surface area (Å²) < 4.78 is 11.1. The molecule has 0 N–H and O–H groups in total. The number of para-hydroxylation sites is 1. The average Bonchev–Trinajstić information content (AvgIpc) is 2.31. The molecule has 2 atom stereocenters. The van der Waals surface area contributed by atoms with Crippen LogP contribution in [0.1, 0.15) is 19.8 Å². The molecule has 1 aromatic rings. The number of carbonyl (C=O) groups excluding carboxylic acids is 1. The molecule has 0 saturated heterocycles. The van der Waals surface area contributed by atoms with Crippen LogP contribution in [0.4, 0.5) is 0 Å². The van der Waals surface area contributed by atoms with Gasteiger partial charge in [-0.05, 0) is 18.6 Å². The van der Waals surface area contributed by atoms with Crippen molar-refractivity contribution in [2.45, 2.75) is 32.0 Å². The molecule has 3 nitrogen and oxygen atoms in total. The van der Waals surface area contributed by atoms with Crippen molar-refractivity contribution in [3.8, 4) is 5.75 Å². The second kappa shape index (κ2) is 5.52. The Kier molecular flexibility index (Phi) is 4.02. The van der Waals surface area contributed by atoms with Gasteiger partial charge in [-0.3, -0.25) is 4.79 Å². The number of ether oxygens (including phenoxy) is 2. The van der Waals surface area contributed by atoms with E-state index < -0.39 is 6.10 Å². The normalized spacial score (nSPS) is 23.3. The number of hydrogen-bond acceptors (Lipinski definition) is 3. The smallest absolute Gasteiger partial charge is 0.169 e. The summed E-state index contributed by atoms with van der Waals surface area (Å²) in [7, 11) is 0. The molecule has 4 heteroatoms. The van der Waals surface area contributed by atoms with Crippen LogP contribution < -0.4 is 4.74 Å². The van der Waals surface area contributed by atoms with Crippen LogP contribution in [0.2, 0.25) is 5.02 Å². The van der Waals surface area contributed by atoms with E-state index in [1.165, 1.54) is 0 Å². The summed E-state index contributed by atoms with van der Waals surface area (Å²) in [5, 5.41) is 0.557. The lowest BCUT2D eigenvalue weighted by Crippen LogP contribution is -2.52. The summed E-state index contributed by atoms with van der Waals surface area (Å²) in [6.45, 7) is 2.59. The summed E-state index contributed by atoms with van der Waals surface area (Å²) in [6, 6.07) is 7.25. The first-order chi connectivity index (χ1) is 8.22. The van der Waals surface area contributed by atoms with Crippen LogP contribution in [0, 0.1) is 0 Å². The highest BCUT2D eigenvalue weighted by Gasteiger charge is 2.42. The Morgan fingerprint density at radius 3 is 2.82 bits per heavy atom. The van der Waals surface area contributed by atoms with Gasteiger partial charge in [0.25, 0.3) is 0 Å². The van der Waals surface area contributed by atoms with Crippen molar-refractivity contribution in [2.75, 3.05) is 6.61 Å². The molecule has 1 aliphatic rings. The molecule has 0 aliphatic heterocycles. The summed E-state index contributed by atoms with van der Waals surface area (Å²) in [5.74, 6) is 0.715. The van der Waals surface area contributed by atoms with Crippen LogP contribution in [0.3, 0.4) is 0 Å². The fraction of sp³-hybridized carbons (Fsp3) is 0.462. The lowest BCUT2D eigenvalue weighted by atomic mass is 9.90. The first-order valence-corrected chi connectivity index (χ1v) is 6.15. The molecule has 17 heavy (non-hydrogen) atoms. The molecule has 0 bridgehead atoms. The maximum atomic E-state index is 11.4. The van der Waals surface area contributed by atoms with E-state index in [2.05, 4.69) is 0 Å². The molecular formula is C13H15ClO3. The fourth-order valence-electron chi connectivity index (χ4n) is 1.72. The van der Waals surface area contributed by atoms with Gasteiger partial charge >= 0.3 is 0 Å². The summed E-state index contributed by atoms with van der Waals surface area (Å²) in [4.78, 5) is 11.4. The molecule has 92 valence electrons. The molecule has 0 spiro atoms. The quantitative estimate of drug-likeness (QED) is 0.811. The monoisotopic (exact) mass is 254 g/mol. The molecule has 0 heterocycles. The Morgan fingerprint density at radius 2 is 2.18 bits per heavy atom. The van der Waals surface area contributed by atoms with E-state index in [1.807, 2.05) is 19.1 Å². The highest BCUT2D eigenvalue weighted by Crippen LogP contribution is 2.30. The third-order valence-electron chi connectivity index (χ3n) is 2.67. The molecule has 1 aromatic carbocycles. The van der Waals surface area contributed by atoms with Crippen LogP contribution in [0.5, 0.6) is 5.75 Å². The maximum Gasteiger partial charge on any atom is 0.169 e. The van der Waals surface area contributed by atoms with Crippen molar-refractivity contribution in [2.24, 2.45) is 0 Å². The van der Waals surface area contributed by atoms with Crippen LogP contribution in [0.25, 0.3) is 0 Å². The highest BCUT2D eigenvalue weighted by molar-refractivity contribution is 6.32. The minimum Gasteiger partial charge on any atom is -0.485 e. The van der Waals surface area contributed by atoms with Crippen molar-refractivity contribution >= 4 is 17.4 Å². The van der Waals surface area contributed by atoms with Gasteiger partial charge in [-0.25, -0.2) is 0 Å². The first-order valence-electron chi connectivity index (χ1n) is 5.78. The molecular weight excluding hydrogens is 240 g/mol. The minimum atomic E-state index is -0.425. The summed E-state index contributed by atoms with van der Waals surface area (Å²) in [6.07, 6.45) is 0.669. The van der Waals surface area contributed by atoms with Gasteiger partial charge in [0, 0.05) is 13.0 Å². The van der Waals surface area contributed by atoms with Crippen LogP contribution in [-0.4, -0.2) is 24.6 Å². The van der Waals surface area contributed by atoms with E-state index in [0.29, 0.717) is 23.8 Å². The van der Waals surface area contributed by atoms with Gasteiger partial charge in [-0.15, -0.1) is 0 Å². The zero-order chi connectivity index (χ0) is 12.3. The van der Waals surface area contributed by atoms with E-state index in [-0.39, 0.29) is 11.9 Å². The predicted molar refractivity (Wildman–Crippen MR) is 65.5 cm³/mol. The lowest BCUT2D eigenvalue weighted by Gasteiger charge is -2.34. The standard InChI is InChI=1S/C13H15ClO3/c1-2-7-16-13-10(15)8-12(13)17-11-6-4-3-5-9(11)14/h3-6,12-13H,2,7-8H2,1H3. The van der Waals surface area contributed by atoms with Crippen molar-refractivity contribution < 1.29 is 14.3 Å². The SMILES string of the molecule is CCCOC1C(=O)CC1Oc1ccccc1Cl. The van der Waals surface area contributed by atoms with E-state index >= 15 is 0 Å². The van der Waals surface area contributed by atoms with Crippen molar-refractivity contribution in [1.82, 2.24) is 0 Å². The number of hydrogen-bond donors (Lipinski definition) is 0. The topological polar surface area (TPSA) is 35.5 Å². The number of carbonyl (C=O) groups is 1. The third-order valence-corrected chi connectivity index (χ3v) is 2.99. The Balaban J connectivity index is 1.95. The van der Waals surface area contributed by atoms with E-state index in [9.17, 15) is 4.79 Å². The minimum absolute atomic E-state index is 0.107. The number of ketones is 1. The molecule has 1 saturated carbocycles. The van der Waals surface area contributed by atoms with Gasteiger partial charge < -0.3 is 9.47 Å². The molecule has 2 unspecified atom stereocenters. The Labute approximate surface area is 106 Å². The molecule has 0 aromatic heterocycles. The molecule has 0 radical (unpaired) electrons. The van der Waals surface area contributed by atoms with Crippen LogP contribution >= 0.6 is 11.6 Å². The third kappa shape index (κ3) is 2.79. The van der Waals surface area contributed by atoms with Crippen molar-refractivity contribution in [3.63, 3.8) is 0 Å². The predicted octanol–water partition coefficient (Wildman–Crippen LogP) is 2.86. The van der Waals surface area contributed by atoms with Gasteiger partial charge in [0.1, 0.15) is 11.9 Å². The van der Waals surface area contributed by atoms with Crippen molar-refractivity contribution in [1.29, 1.82) is 0 Å². The van der Waals surface area contributed by atoms with Gasteiger partial charge in [-0.2, -0.15) is 0 Å². The average molecular weight is 255 g/mol. The molecule has 1 fully saturated rings. The number of rotatable bonds is 5. The zero-order valence-electron chi connectivity index (χ0n) is 9.69. The van der Waals surface area contributed by atoms with E-state index in [1.54, 1.807) is 12.1 Å². The summed E-state index contributed by atoms with van der Waals surface area (Å²) >= 11 is 5.99. The highest BCUT2D eigenvalue weighted by atomic mass is 35.5. The lowest BCUT2D eigenvalue weighted by molar-refractivity contribution is -0.154. The van der Waals surface area contributed by atoms with Gasteiger partial charge in [0.05, 0.1) is 5.02 Å². The fourth-order valence-corrected chi connectivity index (χ4v) is 1.90. The second-order valence-electron chi connectivity index (χ2n) is 4.05. The number of halogens is 1. The molecule has 2 rings (SSSR count). The summed E-state index contributed by atoms with van der Waals surface area (Å²) in [5.41, 5.74) is 0. The number of Topliss-reactive ketones (excluding diaryl/α,β-unsaturated/α-hetero) is 1. The van der Waals surface area contributed by atoms with Crippen LogP contribution in [0.15, 0.2) is 24.3 Å². The second-order valence-corrected chi connectivity index (χ2v) is 4.46. The van der Waals surface area contributed by atoms with Gasteiger partial charge in [0.15, 0.2) is 11.9 Å². The van der Waals surface area contributed by atoms with Gasteiger partial charge in [-0.1, -0.05) is 30.7 Å².